The van der Waals surface area contributed by atoms with Crippen LogP contribution in [0.3, 0.4) is 0 Å². The van der Waals surface area contributed by atoms with Gasteiger partial charge in [0.25, 0.3) is 5.91 Å². The first-order valence-electron chi connectivity index (χ1n) is 11.1. The number of nitrogens with one attached hydrogen (secondary N) is 3. The monoisotopic (exact) mass is 433 g/mol. The molecular formula is C24H27N5O3. The van der Waals surface area contributed by atoms with Gasteiger partial charge in [-0.05, 0) is 47.9 Å². The number of rotatable bonds is 5. The number of hydrogen-bond donors (Lipinski definition) is 3. The fraction of sp³-hybridized carbons (Fsp3) is 0.375. The van der Waals surface area contributed by atoms with E-state index < -0.39 is 6.04 Å². The van der Waals surface area contributed by atoms with Gasteiger partial charge in [-0.3, -0.25) is 19.7 Å². The zero-order chi connectivity index (χ0) is 22.1. The highest BCUT2D eigenvalue weighted by atomic mass is 16.2. The Morgan fingerprint density at radius 3 is 2.53 bits per heavy atom. The van der Waals surface area contributed by atoms with E-state index in [9.17, 15) is 14.4 Å². The van der Waals surface area contributed by atoms with E-state index in [1.54, 1.807) is 4.90 Å². The number of piperazine rings is 1. The summed E-state index contributed by atoms with van der Waals surface area (Å²) < 4.78 is 0. The van der Waals surface area contributed by atoms with Crippen LogP contribution in [0.15, 0.2) is 42.5 Å². The highest BCUT2D eigenvalue weighted by Crippen LogP contribution is 2.28. The van der Waals surface area contributed by atoms with Crippen LogP contribution < -0.4 is 20.9 Å². The summed E-state index contributed by atoms with van der Waals surface area (Å²) in [6.07, 6.45) is 0.641. The van der Waals surface area contributed by atoms with Crippen LogP contribution in [0.2, 0.25) is 0 Å². The lowest BCUT2D eigenvalue weighted by atomic mass is 10.0. The smallest absolute Gasteiger partial charge is 0.255 e. The molecule has 3 amide bonds. The number of hydrogen-bond acceptors (Lipinski definition) is 6. The molecule has 3 aliphatic rings. The minimum absolute atomic E-state index is 0.142. The second-order valence-corrected chi connectivity index (χ2v) is 8.53. The number of carbonyl (C=O) groups is 3. The van der Waals surface area contributed by atoms with E-state index in [1.165, 1.54) is 5.69 Å². The maximum atomic E-state index is 13.0. The van der Waals surface area contributed by atoms with Crippen LogP contribution in [0.4, 0.5) is 11.4 Å². The van der Waals surface area contributed by atoms with E-state index in [0.717, 1.165) is 43.0 Å². The van der Waals surface area contributed by atoms with Crippen molar-refractivity contribution in [2.45, 2.75) is 32.0 Å². The molecule has 2 aromatic rings. The number of anilines is 2. The van der Waals surface area contributed by atoms with Gasteiger partial charge in [0.1, 0.15) is 6.04 Å². The highest BCUT2D eigenvalue weighted by Gasteiger charge is 2.39. The molecule has 8 heteroatoms. The average molecular weight is 434 g/mol. The van der Waals surface area contributed by atoms with Gasteiger partial charge >= 0.3 is 0 Å². The maximum Gasteiger partial charge on any atom is 0.255 e. The molecule has 2 fully saturated rings. The molecule has 3 aliphatic heterocycles. The lowest BCUT2D eigenvalue weighted by Gasteiger charge is -2.29. The first-order valence-corrected chi connectivity index (χ1v) is 11.1. The van der Waals surface area contributed by atoms with Gasteiger partial charge in [0.05, 0.1) is 0 Å². The van der Waals surface area contributed by atoms with Gasteiger partial charge in [0.15, 0.2) is 0 Å². The number of carbonyl (C=O) groups excluding carboxylic acids is 3. The van der Waals surface area contributed by atoms with Crippen molar-refractivity contribution in [3.8, 4) is 0 Å². The molecule has 3 heterocycles. The third kappa shape index (κ3) is 4.05. The molecular weight excluding hydrogens is 406 g/mol. The van der Waals surface area contributed by atoms with Crippen molar-refractivity contribution in [2.24, 2.45) is 0 Å². The van der Waals surface area contributed by atoms with Gasteiger partial charge < -0.3 is 20.4 Å². The molecule has 3 N–H and O–H groups in total. The summed E-state index contributed by atoms with van der Waals surface area (Å²) in [4.78, 5) is 40.5. The molecule has 166 valence electrons. The second-order valence-electron chi connectivity index (χ2n) is 8.53. The molecule has 0 aliphatic carbocycles. The third-order valence-electron chi connectivity index (χ3n) is 6.44. The van der Waals surface area contributed by atoms with Crippen LogP contribution in [0.1, 0.15) is 34.3 Å². The van der Waals surface area contributed by atoms with Crippen molar-refractivity contribution in [3.05, 3.63) is 59.2 Å². The number of benzene rings is 2. The van der Waals surface area contributed by atoms with Crippen LogP contribution >= 0.6 is 0 Å². The Morgan fingerprint density at radius 2 is 1.78 bits per heavy atom. The normalized spacial score (nSPS) is 20.9. The predicted molar refractivity (Wildman–Crippen MR) is 121 cm³/mol. The maximum absolute atomic E-state index is 13.0. The molecule has 5 rings (SSSR count). The number of piperidine rings is 1. The van der Waals surface area contributed by atoms with Crippen molar-refractivity contribution < 1.29 is 14.4 Å². The molecule has 0 spiro atoms. The van der Waals surface area contributed by atoms with Crippen LogP contribution in [-0.2, 0) is 22.7 Å². The van der Waals surface area contributed by atoms with Crippen LogP contribution in [0.5, 0.6) is 0 Å². The zero-order valence-corrected chi connectivity index (χ0v) is 17.9. The Kier molecular flexibility index (Phi) is 5.53. The Hall–Kier alpha value is -3.39. The molecule has 0 radical (unpaired) electrons. The molecule has 0 bridgehead atoms. The topological polar surface area (TPSA) is 93.8 Å². The van der Waals surface area contributed by atoms with E-state index in [0.29, 0.717) is 25.1 Å². The van der Waals surface area contributed by atoms with Gasteiger partial charge in [-0.2, -0.15) is 0 Å². The van der Waals surface area contributed by atoms with E-state index in [1.807, 2.05) is 18.2 Å². The highest BCUT2D eigenvalue weighted by molar-refractivity contribution is 6.05. The molecule has 8 nitrogen and oxygen atoms in total. The Balaban J connectivity index is 1.22. The Labute approximate surface area is 187 Å². The molecule has 1 unspecified atom stereocenters. The third-order valence-corrected chi connectivity index (χ3v) is 6.44. The lowest BCUT2D eigenvalue weighted by molar-refractivity contribution is -0.136. The van der Waals surface area contributed by atoms with Gasteiger partial charge in [-0.15, -0.1) is 0 Å². The summed E-state index contributed by atoms with van der Waals surface area (Å²) >= 11 is 0. The van der Waals surface area contributed by atoms with Gasteiger partial charge in [0, 0.05) is 62.6 Å². The first kappa shape index (κ1) is 20.5. The van der Waals surface area contributed by atoms with E-state index in [-0.39, 0.29) is 24.1 Å². The molecule has 0 saturated carbocycles. The van der Waals surface area contributed by atoms with Crippen molar-refractivity contribution in [1.82, 2.24) is 15.5 Å². The Bertz CT molecular complexity index is 1050. The predicted octanol–water partition coefficient (Wildman–Crippen LogP) is 1.47. The van der Waals surface area contributed by atoms with E-state index in [2.05, 4.69) is 45.1 Å². The standard InChI is InChI=1S/C24H27N5O3/c30-22-8-7-21(23(31)27-22)29-15-17-2-1-16(13-20(17)24(29)32)14-26-18-3-5-19(6-4-18)28-11-9-25-10-12-28/h1-6,13,21,25-26H,7-12,14-15H2,(H,27,30,31). The number of fused-ring (bicyclic) bond motifs is 1. The summed E-state index contributed by atoms with van der Waals surface area (Å²) in [6.45, 7) is 5.07. The van der Waals surface area contributed by atoms with Gasteiger partial charge in [0.2, 0.25) is 11.8 Å². The van der Waals surface area contributed by atoms with E-state index in [4.69, 9.17) is 0 Å². The van der Waals surface area contributed by atoms with E-state index >= 15 is 0 Å². The minimum Gasteiger partial charge on any atom is -0.381 e. The average Bonchev–Trinajstić information content (AvgIpc) is 3.14. The quantitative estimate of drug-likeness (QED) is 0.619. The summed E-state index contributed by atoms with van der Waals surface area (Å²) in [5.41, 5.74) is 4.83. The summed E-state index contributed by atoms with van der Waals surface area (Å²) in [5, 5.41) is 9.13. The van der Waals surface area contributed by atoms with Gasteiger partial charge in [-0.25, -0.2) is 0 Å². The van der Waals surface area contributed by atoms with Crippen molar-refractivity contribution in [2.75, 3.05) is 36.4 Å². The lowest BCUT2D eigenvalue weighted by Crippen LogP contribution is -2.52. The second kappa shape index (κ2) is 8.63. The summed E-state index contributed by atoms with van der Waals surface area (Å²) in [5.74, 6) is -0.796. The summed E-state index contributed by atoms with van der Waals surface area (Å²) in [6, 6.07) is 13.7. The SMILES string of the molecule is O=C1CCC(N2Cc3ccc(CNc4ccc(N5CCNCC5)cc4)cc3C2=O)C(=O)N1. The fourth-order valence-corrected chi connectivity index (χ4v) is 4.63. The minimum atomic E-state index is -0.580. The molecule has 0 aromatic heterocycles. The van der Waals surface area contributed by atoms with Crippen LogP contribution in [0, 0.1) is 0 Å². The zero-order valence-electron chi connectivity index (χ0n) is 17.9. The molecule has 2 aromatic carbocycles. The van der Waals surface area contributed by atoms with Crippen LogP contribution in [-0.4, -0.2) is 54.8 Å². The number of nitrogens with zero attached hydrogens (tertiary/aromatic N) is 2. The number of amides is 3. The van der Waals surface area contributed by atoms with Crippen molar-refractivity contribution >= 4 is 29.1 Å². The first-order chi connectivity index (χ1) is 15.6. The molecule has 2 saturated heterocycles. The van der Waals surface area contributed by atoms with Gasteiger partial charge in [-0.1, -0.05) is 12.1 Å². The molecule has 32 heavy (non-hydrogen) atoms. The van der Waals surface area contributed by atoms with Crippen LogP contribution in [0.25, 0.3) is 0 Å². The van der Waals surface area contributed by atoms with Crippen molar-refractivity contribution in [3.63, 3.8) is 0 Å². The van der Waals surface area contributed by atoms with Crippen molar-refractivity contribution in [1.29, 1.82) is 0 Å². The largest absolute Gasteiger partial charge is 0.381 e. The summed E-state index contributed by atoms with van der Waals surface area (Å²) in [7, 11) is 0. The Morgan fingerprint density at radius 1 is 1.00 bits per heavy atom. The fourth-order valence-electron chi connectivity index (χ4n) is 4.63. The number of imide groups is 1. The molecule has 1 atom stereocenters.